The molecular formula is C14H25N3O2. The van der Waals surface area contributed by atoms with Gasteiger partial charge in [0.2, 0.25) is 5.91 Å². The third kappa shape index (κ3) is 5.17. The van der Waals surface area contributed by atoms with Crippen LogP contribution in [0.15, 0.2) is 0 Å². The maximum absolute atomic E-state index is 12.1. The Labute approximate surface area is 116 Å². The lowest BCUT2D eigenvalue weighted by Gasteiger charge is -2.47. The highest BCUT2D eigenvalue weighted by Gasteiger charge is 2.38. The number of carbonyl (C=O) groups is 1. The third-order valence-electron chi connectivity index (χ3n) is 3.10. The molecule has 0 N–H and O–H groups in total. The summed E-state index contributed by atoms with van der Waals surface area (Å²) in [7, 11) is 1.75. The minimum absolute atomic E-state index is 0.0590. The van der Waals surface area contributed by atoms with Crippen molar-refractivity contribution in [3.63, 3.8) is 0 Å². The maximum atomic E-state index is 12.1. The van der Waals surface area contributed by atoms with E-state index in [0.717, 1.165) is 13.1 Å². The van der Waals surface area contributed by atoms with Crippen molar-refractivity contribution in [3.05, 3.63) is 0 Å². The summed E-state index contributed by atoms with van der Waals surface area (Å²) in [5, 5.41) is 8.54. The van der Waals surface area contributed by atoms with Gasteiger partial charge in [-0.25, -0.2) is 0 Å². The van der Waals surface area contributed by atoms with E-state index in [-0.39, 0.29) is 17.1 Å². The minimum atomic E-state index is -0.243. The van der Waals surface area contributed by atoms with Crippen molar-refractivity contribution in [2.24, 2.45) is 0 Å². The van der Waals surface area contributed by atoms with Gasteiger partial charge in [0.15, 0.2) is 0 Å². The van der Waals surface area contributed by atoms with Gasteiger partial charge in [0.05, 0.1) is 30.2 Å². The highest BCUT2D eigenvalue weighted by Crippen LogP contribution is 2.27. The molecule has 0 saturated carbocycles. The predicted molar refractivity (Wildman–Crippen MR) is 73.6 cm³/mol. The normalized spacial score (nSPS) is 21.7. The largest absolute Gasteiger partial charge is 0.367 e. The lowest BCUT2D eigenvalue weighted by atomic mass is 9.99. The molecule has 1 saturated heterocycles. The molecule has 5 nitrogen and oxygen atoms in total. The molecule has 0 aliphatic carbocycles. The Morgan fingerprint density at radius 1 is 1.32 bits per heavy atom. The molecule has 1 aliphatic rings. The van der Waals surface area contributed by atoms with Crippen molar-refractivity contribution in [2.45, 2.75) is 45.3 Å². The maximum Gasteiger partial charge on any atom is 0.236 e. The topological polar surface area (TPSA) is 56.6 Å². The number of ether oxygens (including phenoxy) is 1. The van der Waals surface area contributed by atoms with Gasteiger partial charge >= 0.3 is 0 Å². The summed E-state index contributed by atoms with van der Waals surface area (Å²) in [5.74, 6) is 0.0590. The van der Waals surface area contributed by atoms with Gasteiger partial charge < -0.3 is 9.64 Å². The Bertz CT molecular complexity index is 355. The second-order valence-electron chi connectivity index (χ2n) is 6.49. The quantitative estimate of drug-likeness (QED) is 0.769. The average Bonchev–Trinajstić information content (AvgIpc) is 2.20. The van der Waals surface area contributed by atoms with Crippen molar-refractivity contribution in [2.75, 3.05) is 33.2 Å². The van der Waals surface area contributed by atoms with Crippen molar-refractivity contribution in [1.29, 1.82) is 5.26 Å². The van der Waals surface area contributed by atoms with Crippen LogP contribution in [0.1, 0.15) is 34.1 Å². The standard InChI is InChI=1S/C14H25N3O2/c1-13(2)10-17(11-14(3,4)19-13)9-12(18)16(5)8-6-7-15/h6,8-11H2,1-5H3. The van der Waals surface area contributed by atoms with Crippen LogP contribution in [0.2, 0.25) is 0 Å². The second-order valence-corrected chi connectivity index (χ2v) is 6.49. The first-order valence-corrected chi connectivity index (χ1v) is 6.69. The fourth-order valence-electron chi connectivity index (χ4n) is 2.71. The van der Waals surface area contributed by atoms with Gasteiger partial charge in [-0.2, -0.15) is 5.26 Å². The molecule has 1 amide bonds. The summed E-state index contributed by atoms with van der Waals surface area (Å²) in [6.07, 6.45) is 0.377. The molecule has 0 unspecified atom stereocenters. The highest BCUT2D eigenvalue weighted by molar-refractivity contribution is 5.78. The summed E-state index contributed by atoms with van der Waals surface area (Å²) in [5.41, 5.74) is -0.486. The molecule has 1 heterocycles. The van der Waals surface area contributed by atoms with E-state index in [2.05, 4.69) is 11.0 Å². The molecule has 0 aromatic carbocycles. The fourth-order valence-corrected chi connectivity index (χ4v) is 2.71. The number of hydrogen-bond acceptors (Lipinski definition) is 4. The van der Waals surface area contributed by atoms with E-state index in [1.165, 1.54) is 0 Å². The van der Waals surface area contributed by atoms with Gasteiger partial charge in [-0.3, -0.25) is 9.69 Å². The molecule has 0 atom stereocenters. The van der Waals surface area contributed by atoms with E-state index in [9.17, 15) is 4.79 Å². The molecule has 19 heavy (non-hydrogen) atoms. The molecule has 1 fully saturated rings. The van der Waals surface area contributed by atoms with E-state index < -0.39 is 0 Å². The number of hydrogen-bond donors (Lipinski definition) is 0. The zero-order chi connectivity index (χ0) is 14.7. The molecule has 1 aliphatic heterocycles. The molecule has 0 aromatic heterocycles. The Morgan fingerprint density at radius 3 is 2.32 bits per heavy atom. The predicted octanol–water partition coefficient (Wildman–Crippen LogP) is 1.25. The average molecular weight is 267 g/mol. The molecule has 0 radical (unpaired) electrons. The second kappa shape index (κ2) is 5.89. The van der Waals surface area contributed by atoms with Gasteiger partial charge in [-0.05, 0) is 27.7 Å². The Hall–Kier alpha value is -1.12. The number of amides is 1. The van der Waals surface area contributed by atoms with Crippen molar-refractivity contribution in [1.82, 2.24) is 9.80 Å². The first kappa shape index (κ1) is 15.9. The van der Waals surface area contributed by atoms with Gasteiger partial charge in [-0.15, -0.1) is 0 Å². The number of morpholine rings is 1. The molecule has 1 rings (SSSR count). The number of rotatable bonds is 4. The van der Waals surface area contributed by atoms with E-state index in [4.69, 9.17) is 10.00 Å². The zero-order valence-electron chi connectivity index (χ0n) is 12.7. The molecule has 0 aromatic rings. The van der Waals surface area contributed by atoms with Crippen LogP contribution in [0.5, 0.6) is 0 Å². The SMILES string of the molecule is CN(CCC#N)C(=O)CN1CC(C)(C)OC(C)(C)C1. The summed E-state index contributed by atoms with van der Waals surface area (Å²) < 4.78 is 5.99. The van der Waals surface area contributed by atoms with Crippen molar-refractivity contribution < 1.29 is 9.53 Å². The molecule has 5 heteroatoms. The first-order chi connectivity index (χ1) is 8.65. The van der Waals surface area contributed by atoms with Crippen LogP contribution in [0.3, 0.4) is 0 Å². The third-order valence-corrected chi connectivity index (χ3v) is 3.10. The van der Waals surface area contributed by atoms with Gasteiger partial charge in [-0.1, -0.05) is 0 Å². The molecule has 0 spiro atoms. The highest BCUT2D eigenvalue weighted by atomic mass is 16.5. The lowest BCUT2D eigenvalue weighted by molar-refractivity contribution is -0.182. The number of nitrogens with zero attached hydrogens (tertiary/aromatic N) is 3. The summed E-state index contributed by atoms with van der Waals surface area (Å²) >= 11 is 0. The summed E-state index contributed by atoms with van der Waals surface area (Å²) in [6, 6.07) is 2.06. The first-order valence-electron chi connectivity index (χ1n) is 6.69. The minimum Gasteiger partial charge on any atom is -0.367 e. The van der Waals surface area contributed by atoms with E-state index in [1.807, 2.05) is 27.7 Å². The van der Waals surface area contributed by atoms with E-state index in [0.29, 0.717) is 19.5 Å². The Balaban J connectivity index is 2.57. The Kier molecular flexibility index (Phi) is 4.94. The smallest absolute Gasteiger partial charge is 0.236 e. The molecule has 108 valence electrons. The van der Waals surface area contributed by atoms with Crippen LogP contribution < -0.4 is 0 Å². The van der Waals surface area contributed by atoms with Crippen LogP contribution >= 0.6 is 0 Å². The van der Waals surface area contributed by atoms with Gasteiger partial charge in [0.1, 0.15) is 0 Å². The number of carbonyl (C=O) groups excluding carboxylic acids is 1. The van der Waals surface area contributed by atoms with Crippen LogP contribution in [0.25, 0.3) is 0 Å². The molecular weight excluding hydrogens is 242 g/mol. The number of nitriles is 1. The zero-order valence-corrected chi connectivity index (χ0v) is 12.7. The van der Waals surface area contributed by atoms with Crippen LogP contribution in [-0.4, -0.2) is 60.1 Å². The molecule has 0 bridgehead atoms. The summed E-state index contributed by atoms with van der Waals surface area (Å²) in [6.45, 7) is 10.6. The Morgan fingerprint density at radius 2 is 1.84 bits per heavy atom. The van der Waals surface area contributed by atoms with E-state index in [1.54, 1.807) is 11.9 Å². The monoisotopic (exact) mass is 267 g/mol. The van der Waals surface area contributed by atoms with E-state index >= 15 is 0 Å². The van der Waals surface area contributed by atoms with Crippen LogP contribution in [-0.2, 0) is 9.53 Å². The van der Waals surface area contributed by atoms with Crippen LogP contribution in [0.4, 0.5) is 0 Å². The summed E-state index contributed by atoms with van der Waals surface area (Å²) in [4.78, 5) is 15.8. The van der Waals surface area contributed by atoms with Crippen LogP contribution in [0, 0.1) is 11.3 Å². The van der Waals surface area contributed by atoms with Crippen molar-refractivity contribution >= 4 is 5.91 Å². The fraction of sp³-hybridized carbons (Fsp3) is 0.857. The van der Waals surface area contributed by atoms with Gasteiger partial charge in [0, 0.05) is 26.7 Å². The van der Waals surface area contributed by atoms with Crippen molar-refractivity contribution in [3.8, 4) is 6.07 Å². The van der Waals surface area contributed by atoms with Gasteiger partial charge in [0.25, 0.3) is 0 Å². The number of likely N-dealkylation sites (N-methyl/N-ethyl adjacent to an activating group) is 1. The lowest BCUT2D eigenvalue weighted by Crippen LogP contribution is -2.58.